The second kappa shape index (κ2) is 10.8. The summed E-state index contributed by atoms with van der Waals surface area (Å²) >= 11 is 0. The van der Waals surface area contributed by atoms with Crippen LogP contribution in [0.15, 0.2) is 42.5 Å². The van der Waals surface area contributed by atoms with Crippen molar-refractivity contribution in [2.24, 2.45) is 0 Å². The van der Waals surface area contributed by atoms with Crippen molar-refractivity contribution >= 4 is 12.4 Å². The fourth-order valence-corrected chi connectivity index (χ4v) is 2.53. The smallest absolute Gasteiger partial charge is 0.165 e. The number of rotatable bonds is 9. The molecular formula is C19H26ClNO3. The lowest BCUT2D eigenvalue weighted by Crippen LogP contribution is -2.17. The molecule has 132 valence electrons. The fourth-order valence-electron chi connectivity index (χ4n) is 2.53. The average molecular weight is 352 g/mol. The second-order valence-electron chi connectivity index (χ2n) is 5.12. The summed E-state index contributed by atoms with van der Waals surface area (Å²) in [7, 11) is 3.37. The SMILES string of the molecule is CCOc1c(CNCCc2ccccc2OC)cccc1OC.Cl. The molecule has 0 heterocycles. The molecule has 0 aromatic heterocycles. The van der Waals surface area contributed by atoms with Crippen molar-refractivity contribution in [3.63, 3.8) is 0 Å². The lowest BCUT2D eigenvalue weighted by atomic mass is 10.1. The van der Waals surface area contributed by atoms with Gasteiger partial charge in [0, 0.05) is 12.1 Å². The van der Waals surface area contributed by atoms with Crippen LogP contribution in [0, 0.1) is 0 Å². The number of ether oxygens (including phenoxy) is 3. The Hall–Kier alpha value is -1.91. The molecule has 0 aliphatic carbocycles. The number of benzene rings is 2. The van der Waals surface area contributed by atoms with Crippen molar-refractivity contribution in [2.75, 3.05) is 27.4 Å². The van der Waals surface area contributed by atoms with E-state index in [2.05, 4.69) is 17.4 Å². The van der Waals surface area contributed by atoms with Gasteiger partial charge in [-0.05, 0) is 37.6 Å². The third-order valence-electron chi connectivity index (χ3n) is 3.65. The van der Waals surface area contributed by atoms with Crippen LogP contribution in [0.2, 0.25) is 0 Å². The maximum atomic E-state index is 5.73. The topological polar surface area (TPSA) is 39.7 Å². The van der Waals surface area contributed by atoms with Gasteiger partial charge in [0.15, 0.2) is 11.5 Å². The van der Waals surface area contributed by atoms with Crippen LogP contribution in [-0.2, 0) is 13.0 Å². The van der Waals surface area contributed by atoms with E-state index in [-0.39, 0.29) is 12.4 Å². The van der Waals surface area contributed by atoms with Crippen molar-refractivity contribution in [3.8, 4) is 17.2 Å². The standard InChI is InChI=1S/C19H25NO3.ClH/c1-4-23-19-16(9-7-11-18(19)22-3)14-20-13-12-15-8-5-6-10-17(15)21-2;/h5-11,20H,4,12-14H2,1-3H3;1H. The van der Waals surface area contributed by atoms with Crippen LogP contribution in [0.5, 0.6) is 17.2 Å². The molecule has 0 amide bonds. The fraction of sp³-hybridized carbons (Fsp3) is 0.368. The molecule has 2 aromatic rings. The number of para-hydroxylation sites is 2. The third kappa shape index (κ3) is 5.32. The summed E-state index contributed by atoms with van der Waals surface area (Å²) in [6.45, 7) is 4.20. The Labute approximate surface area is 150 Å². The van der Waals surface area contributed by atoms with E-state index in [4.69, 9.17) is 14.2 Å². The first-order valence-corrected chi connectivity index (χ1v) is 7.91. The maximum absolute atomic E-state index is 5.73. The van der Waals surface area contributed by atoms with E-state index in [1.807, 2.05) is 37.3 Å². The highest BCUT2D eigenvalue weighted by atomic mass is 35.5. The van der Waals surface area contributed by atoms with Crippen LogP contribution in [-0.4, -0.2) is 27.4 Å². The molecule has 2 aromatic carbocycles. The second-order valence-corrected chi connectivity index (χ2v) is 5.12. The Bertz CT molecular complexity index is 619. The summed E-state index contributed by atoms with van der Waals surface area (Å²) in [5.41, 5.74) is 2.31. The zero-order chi connectivity index (χ0) is 16.5. The molecule has 2 rings (SSSR count). The highest BCUT2D eigenvalue weighted by molar-refractivity contribution is 5.85. The lowest BCUT2D eigenvalue weighted by molar-refractivity contribution is 0.307. The van der Waals surface area contributed by atoms with E-state index in [0.717, 1.165) is 42.3 Å². The first-order chi connectivity index (χ1) is 11.3. The minimum absolute atomic E-state index is 0. The van der Waals surface area contributed by atoms with Gasteiger partial charge in [-0.3, -0.25) is 0 Å². The van der Waals surface area contributed by atoms with Gasteiger partial charge in [-0.15, -0.1) is 12.4 Å². The normalized spacial score (nSPS) is 9.96. The number of halogens is 1. The molecule has 1 N–H and O–H groups in total. The largest absolute Gasteiger partial charge is 0.496 e. The van der Waals surface area contributed by atoms with Crippen LogP contribution in [0.25, 0.3) is 0 Å². The zero-order valence-corrected chi connectivity index (χ0v) is 15.3. The van der Waals surface area contributed by atoms with Gasteiger partial charge in [0.25, 0.3) is 0 Å². The summed E-state index contributed by atoms with van der Waals surface area (Å²) < 4.78 is 16.5. The molecule has 0 spiro atoms. The molecule has 0 aliphatic rings. The summed E-state index contributed by atoms with van der Waals surface area (Å²) in [5.74, 6) is 2.53. The molecule has 0 aliphatic heterocycles. The van der Waals surface area contributed by atoms with E-state index in [1.165, 1.54) is 5.56 Å². The van der Waals surface area contributed by atoms with Crippen LogP contribution in [0.4, 0.5) is 0 Å². The molecule has 5 heteroatoms. The van der Waals surface area contributed by atoms with E-state index in [9.17, 15) is 0 Å². The molecule has 0 saturated heterocycles. The Kier molecular flexibility index (Phi) is 9.05. The Morgan fingerprint density at radius 3 is 2.25 bits per heavy atom. The highest BCUT2D eigenvalue weighted by Gasteiger charge is 2.09. The summed E-state index contributed by atoms with van der Waals surface area (Å²) in [6.07, 6.45) is 0.915. The first-order valence-electron chi connectivity index (χ1n) is 7.91. The number of methoxy groups -OCH3 is 2. The molecule has 24 heavy (non-hydrogen) atoms. The van der Waals surface area contributed by atoms with Gasteiger partial charge in [-0.2, -0.15) is 0 Å². The third-order valence-corrected chi connectivity index (χ3v) is 3.65. The van der Waals surface area contributed by atoms with Gasteiger partial charge >= 0.3 is 0 Å². The number of hydrogen-bond donors (Lipinski definition) is 1. The van der Waals surface area contributed by atoms with E-state index in [1.54, 1.807) is 14.2 Å². The van der Waals surface area contributed by atoms with Gasteiger partial charge in [-0.1, -0.05) is 30.3 Å². The van der Waals surface area contributed by atoms with Crippen LogP contribution in [0.1, 0.15) is 18.1 Å². The Balaban J connectivity index is 0.00000288. The monoisotopic (exact) mass is 351 g/mol. The summed E-state index contributed by atoms with van der Waals surface area (Å²) in [4.78, 5) is 0. The van der Waals surface area contributed by atoms with Gasteiger partial charge in [0.2, 0.25) is 0 Å². The molecular weight excluding hydrogens is 326 g/mol. The van der Waals surface area contributed by atoms with Crippen LogP contribution >= 0.6 is 12.4 Å². The Morgan fingerprint density at radius 1 is 0.875 bits per heavy atom. The van der Waals surface area contributed by atoms with E-state index >= 15 is 0 Å². The molecule has 0 bridgehead atoms. The van der Waals surface area contributed by atoms with Crippen molar-refractivity contribution in [3.05, 3.63) is 53.6 Å². The van der Waals surface area contributed by atoms with Crippen molar-refractivity contribution in [1.29, 1.82) is 0 Å². The quantitative estimate of drug-likeness (QED) is 0.696. The van der Waals surface area contributed by atoms with Crippen molar-refractivity contribution < 1.29 is 14.2 Å². The molecule has 0 fully saturated rings. The van der Waals surface area contributed by atoms with Gasteiger partial charge in [0.1, 0.15) is 5.75 Å². The molecule has 0 unspecified atom stereocenters. The minimum Gasteiger partial charge on any atom is -0.496 e. The minimum atomic E-state index is 0. The highest BCUT2D eigenvalue weighted by Crippen LogP contribution is 2.31. The van der Waals surface area contributed by atoms with Crippen molar-refractivity contribution in [2.45, 2.75) is 19.9 Å². The van der Waals surface area contributed by atoms with E-state index in [0.29, 0.717) is 6.61 Å². The molecule has 0 atom stereocenters. The van der Waals surface area contributed by atoms with E-state index < -0.39 is 0 Å². The zero-order valence-electron chi connectivity index (χ0n) is 14.5. The summed E-state index contributed by atoms with van der Waals surface area (Å²) in [5, 5.41) is 3.46. The molecule has 0 saturated carbocycles. The lowest BCUT2D eigenvalue weighted by Gasteiger charge is -2.15. The predicted molar refractivity (Wildman–Crippen MR) is 99.8 cm³/mol. The number of nitrogens with one attached hydrogen (secondary N) is 1. The van der Waals surface area contributed by atoms with Crippen LogP contribution < -0.4 is 19.5 Å². The van der Waals surface area contributed by atoms with Crippen LogP contribution in [0.3, 0.4) is 0 Å². The molecule has 4 nitrogen and oxygen atoms in total. The van der Waals surface area contributed by atoms with Crippen molar-refractivity contribution in [1.82, 2.24) is 5.32 Å². The Morgan fingerprint density at radius 2 is 1.54 bits per heavy atom. The van der Waals surface area contributed by atoms with Gasteiger partial charge in [-0.25, -0.2) is 0 Å². The molecule has 0 radical (unpaired) electrons. The van der Waals surface area contributed by atoms with Gasteiger partial charge in [0.05, 0.1) is 20.8 Å². The maximum Gasteiger partial charge on any atom is 0.165 e. The predicted octanol–water partition coefficient (Wildman–Crippen LogP) is 3.86. The first kappa shape index (κ1) is 20.1. The average Bonchev–Trinajstić information content (AvgIpc) is 2.60. The summed E-state index contributed by atoms with van der Waals surface area (Å²) in [6, 6.07) is 14.1. The number of hydrogen-bond acceptors (Lipinski definition) is 4. The van der Waals surface area contributed by atoms with Gasteiger partial charge < -0.3 is 19.5 Å².